The Bertz CT molecular complexity index is 773. The molecule has 1 aliphatic carbocycles. The van der Waals surface area contributed by atoms with Gasteiger partial charge in [-0.05, 0) is 58.0 Å². The average Bonchev–Trinajstić information content (AvgIpc) is 2.46. The second-order valence-electron chi connectivity index (χ2n) is 5.47. The maximum Gasteiger partial charge on any atom is 0.0793 e. The van der Waals surface area contributed by atoms with E-state index in [-0.39, 0.29) is 6.10 Å². The van der Waals surface area contributed by atoms with Crippen LogP contribution in [-0.4, -0.2) is 5.11 Å². The normalized spacial score (nSPS) is 18.7. The molecule has 0 aliphatic heterocycles. The number of aliphatic hydroxyl groups is 1. The third-order valence-corrected chi connectivity index (χ3v) is 4.29. The minimum atomic E-state index is -0.285. The van der Waals surface area contributed by atoms with Gasteiger partial charge in [0, 0.05) is 0 Å². The van der Waals surface area contributed by atoms with E-state index in [9.17, 15) is 5.11 Å². The first-order valence-corrected chi connectivity index (χ1v) is 6.95. The Hall–Kier alpha value is -1.86. The van der Waals surface area contributed by atoms with Gasteiger partial charge in [0.15, 0.2) is 0 Å². The van der Waals surface area contributed by atoms with Crippen LogP contribution in [0.1, 0.15) is 30.1 Å². The second-order valence-corrected chi connectivity index (χ2v) is 5.47. The van der Waals surface area contributed by atoms with Crippen molar-refractivity contribution in [3.05, 3.63) is 59.7 Å². The largest absolute Gasteiger partial charge is 0.388 e. The van der Waals surface area contributed by atoms with Crippen molar-refractivity contribution >= 4 is 21.5 Å². The van der Waals surface area contributed by atoms with E-state index >= 15 is 0 Å². The maximum absolute atomic E-state index is 10.2. The molecular formula is C18H16O. The van der Waals surface area contributed by atoms with Crippen LogP contribution in [0, 0.1) is 0 Å². The topological polar surface area (TPSA) is 20.2 Å². The van der Waals surface area contributed by atoms with E-state index in [4.69, 9.17) is 0 Å². The molecule has 1 heteroatoms. The van der Waals surface area contributed by atoms with Crippen LogP contribution in [0.15, 0.2) is 48.5 Å². The first kappa shape index (κ1) is 11.0. The van der Waals surface area contributed by atoms with Crippen molar-refractivity contribution in [3.63, 3.8) is 0 Å². The number of fused-ring (bicyclic) bond motifs is 4. The van der Waals surface area contributed by atoms with Crippen molar-refractivity contribution in [2.75, 3.05) is 0 Å². The Morgan fingerprint density at radius 1 is 0.895 bits per heavy atom. The molecule has 94 valence electrons. The maximum atomic E-state index is 10.2. The zero-order valence-corrected chi connectivity index (χ0v) is 10.8. The van der Waals surface area contributed by atoms with Crippen molar-refractivity contribution in [2.24, 2.45) is 0 Å². The molecule has 1 atom stereocenters. The average molecular weight is 248 g/mol. The van der Waals surface area contributed by atoms with E-state index in [2.05, 4.69) is 48.5 Å². The van der Waals surface area contributed by atoms with Gasteiger partial charge in [-0.2, -0.15) is 0 Å². The van der Waals surface area contributed by atoms with E-state index in [1.54, 1.807) is 0 Å². The fourth-order valence-corrected chi connectivity index (χ4v) is 3.29. The predicted octanol–water partition coefficient (Wildman–Crippen LogP) is 4.36. The number of hydrogen-bond donors (Lipinski definition) is 1. The van der Waals surface area contributed by atoms with Gasteiger partial charge in [0.05, 0.1) is 6.10 Å². The van der Waals surface area contributed by atoms with E-state index in [1.807, 2.05) is 0 Å². The monoisotopic (exact) mass is 248 g/mol. The van der Waals surface area contributed by atoms with Crippen LogP contribution in [0.4, 0.5) is 0 Å². The van der Waals surface area contributed by atoms with E-state index in [0.29, 0.717) is 0 Å². The zero-order chi connectivity index (χ0) is 12.8. The van der Waals surface area contributed by atoms with Crippen LogP contribution in [0.2, 0.25) is 0 Å². The molecule has 0 saturated heterocycles. The number of rotatable bonds is 0. The molecular weight excluding hydrogens is 232 g/mol. The van der Waals surface area contributed by atoms with Crippen LogP contribution >= 0.6 is 0 Å². The lowest BCUT2D eigenvalue weighted by Gasteiger charge is -2.22. The molecule has 0 aromatic heterocycles. The summed E-state index contributed by atoms with van der Waals surface area (Å²) < 4.78 is 0. The van der Waals surface area contributed by atoms with Crippen LogP contribution in [0.3, 0.4) is 0 Å². The van der Waals surface area contributed by atoms with Crippen LogP contribution in [0.25, 0.3) is 21.5 Å². The van der Waals surface area contributed by atoms with Gasteiger partial charge in [-0.25, -0.2) is 0 Å². The summed E-state index contributed by atoms with van der Waals surface area (Å²) in [6, 6.07) is 17.3. The molecule has 0 saturated carbocycles. The summed E-state index contributed by atoms with van der Waals surface area (Å²) in [7, 11) is 0. The Morgan fingerprint density at radius 3 is 2.68 bits per heavy atom. The van der Waals surface area contributed by atoms with Gasteiger partial charge in [-0.3, -0.25) is 0 Å². The summed E-state index contributed by atoms with van der Waals surface area (Å²) in [5, 5.41) is 15.3. The standard InChI is InChI=1S/C18H16O/c19-18-7-3-5-13-10-14-9-8-12-4-1-2-6-15(12)16(14)11-17(13)18/h1-2,4,6,8-11,18-19H,3,5,7H2. The molecule has 0 bridgehead atoms. The van der Waals surface area contributed by atoms with Crippen LogP contribution < -0.4 is 0 Å². The molecule has 1 nitrogen and oxygen atoms in total. The molecule has 4 rings (SSSR count). The number of aryl methyl sites for hydroxylation is 1. The highest BCUT2D eigenvalue weighted by Gasteiger charge is 2.18. The Labute approximate surface area is 112 Å². The van der Waals surface area contributed by atoms with Crippen molar-refractivity contribution in [1.29, 1.82) is 0 Å². The number of benzene rings is 3. The molecule has 3 aromatic rings. The molecule has 1 aliphatic rings. The Balaban J connectivity index is 2.11. The molecule has 0 spiro atoms. The Kier molecular flexibility index (Phi) is 2.36. The highest BCUT2D eigenvalue weighted by atomic mass is 16.3. The van der Waals surface area contributed by atoms with Gasteiger partial charge in [-0.1, -0.05) is 42.5 Å². The van der Waals surface area contributed by atoms with Gasteiger partial charge >= 0.3 is 0 Å². The van der Waals surface area contributed by atoms with Gasteiger partial charge in [0.1, 0.15) is 0 Å². The summed E-state index contributed by atoms with van der Waals surface area (Å²) in [6.45, 7) is 0. The van der Waals surface area contributed by atoms with Gasteiger partial charge < -0.3 is 5.11 Å². The van der Waals surface area contributed by atoms with Gasteiger partial charge in [0.25, 0.3) is 0 Å². The second kappa shape index (κ2) is 4.07. The van der Waals surface area contributed by atoms with E-state index in [1.165, 1.54) is 27.1 Å². The molecule has 1 N–H and O–H groups in total. The fourth-order valence-electron chi connectivity index (χ4n) is 3.29. The lowest BCUT2D eigenvalue weighted by atomic mass is 9.86. The van der Waals surface area contributed by atoms with E-state index < -0.39 is 0 Å². The van der Waals surface area contributed by atoms with Crippen molar-refractivity contribution in [2.45, 2.75) is 25.4 Å². The number of aliphatic hydroxyl groups excluding tert-OH is 1. The van der Waals surface area contributed by atoms with Crippen LogP contribution in [0.5, 0.6) is 0 Å². The molecule has 0 amide bonds. The molecule has 3 aromatic carbocycles. The molecule has 0 fully saturated rings. The SMILES string of the molecule is OC1CCCc2cc3ccc4ccccc4c3cc21. The molecule has 0 heterocycles. The lowest BCUT2D eigenvalue weighted by molar-refractivity contribution is 0.157. The summed E-state index contributed by atoms with van der Waals surface area (Å²) in [5.74, 6) is 0. The minimum Gasteiger partial charge on any atom is -0.388 e. The summed E-state index contributed by atoms with van der Waals surface area (Å²) in [5.41, 5.74) is 2.46. The third-order valence-electron chi connectivity index (χ3n) is 4.29. The fraction of sp³-hybridized carbons (Fsp3) is 0.222. The van der Waals surface area contributed by atoms with E-state index in [0.717, 1.165) is 24.8 Å². The number of hydrogen-bond acceptors (Lipinski definition) is 1. The molecule has 1 unspecified atom stereocenters. The molecule has 19 heavy (non-hydrogen) atoms. The van der Waals surface area contributed by atoms with Crippen molar-refractivity contribution < 1.29 is 5.11 Å². The van der Waals surface area contributed by atoms with Crippen molar-refractivity contribution in [3.8, 4) is 0 Å². The smallest absolute Gasteiger partial charge is 0.0793 e. The Morgan fingerprint density at radius 2 is 1.74 bits per heavy atom. The zero-order valence-electron chi connectivity index (χ0n) is 10.8. The van der Waals surface area contributed by atoms with Gasteiger partial charge in [0.2, 0.25) is 0 Å². The summed E-state index contributed by atoms with van der Waals surface area (Å²) in [4.78, 5) is 0. The summed E-state index contributed by atoms with van der Waals surface area (Å²) in [6.07, 6.45) is 2.79. The third kappa shape index (κ3) is 1.66. The molecule has 0 radical (unpaired) electrons. The summed E-state index contributed by atoms with van der Waals surface area (Å²) >= 11 is 0. The van der Waals surface area contributed by atoms with Crippen LogP contribution in [-0.2, 0) is 6.42 Å². The first-order chi connectivity index (χ1) is 9.33. The first-order valence-electron chi connectivity index (χ1n) is 6.95. The minimum absolute atomic E-state index is 0.285. The van der Waals surface area contributed by atoms with Crippen molar-refractivity contribution in [1.82, 2.24) is 0 Å². The predicted molar refractivity (Wildman–Crippen MR) is 79.4 cm³/mol. The lowest BCUT2D eigenvalue weighted by Crippen LogP contribution is -2.08. The van der Waals surface area contributed by atoms with Gasteiger partial charge in [-0.15, -0.1) is 0 Å². The quantitative estimate of drug-likeness (QED) is 0.586. The highest BCUT2D eigenvalue weighted by Crippen LogP contribution is 2.35. The highest BCUT2D eigenvalue weighted by molar-refractivity contribution is 6.07.